The Hall–Kier alpha value is -1.07. The number of nitrogens with two attached hydrogens (primary N) is 1. The summed E-state index contributed by atoms with van der Waals surface area (Å²) < 4.78 is 39.5. The van der Waals surface area contributed by atoms with Crippen LogP contribution in [0.2, 0.25) is 0 Å². The normalized spacial score (nSPS) is 20.9. The molecule has 1 aliphatic rings. The van der Waals surface area contributed by atoms with Crippen molar-refractivity contribution in [2.75, 3.05) is 0 Å². The van der Waals surface area contributed by atoms with E-state index < -0.39 is 5.92 Å². The molecule has 1 aromatic rings. The lowest BCUT2D eigenvalue weighted by Crippen LogP contribution is -2.45. The van der Waals surface area contributed by atoms with Crippen molar-refractivity contribution in [2.24, 2.45) is 11.8 Å². The van der Waals surface area contributed by atoms with Crippen LogP contribution in [0, 0.1) is 18.7 Å². The van der Waals surface area contributed by atoms with E-state index in [1.807, 2.05) is 6.92 Å². The topological polar surface area (TPSA) is 38.0 Å². The van der Waals surface area contributed by atoms with Crippen molar-refractivity contribution in [3.8, 4) is 0 Å². The molecule has 0 aliphatic heterocycles. The molecule has 1 aromatic carbocycles. The molecule has 1 saturated carbocycles. The number of halogens is 3. The Kier molecular flexibility index (Phi) is 4.70. The van der Waals surface area contributed by atoms with Gasteiger partial charge in [-0.15, -0.1) is 0 Å². The fraction of sp³-hybridized carbons (Fsp3) is 0.600. The maximum Gasteiger partial charge on any atom is 0.248 e. The van der Waals surface area contributed by atoms with E-state index in [1.54, 1.807) is 6.07 Å². The Morgan fingerprint density at radius 3 is 2.55 bits per heavy atom. The molecule has 1 unspecified atom stereocenters. The van der Waals surface area contributed by atoms with Crippen LogP contribution < -0.4 is 11.3 Å². The van der Waals surface area contributed by atoms with Crippen molar-refractivity contribution < 1.29 is 13.2 Å². The maximum absolute atomic E-state index is 13.2. The number of aryl methyl sites for hydroxylation is 1. The molecule has 0 spiro atoms. The SMILES string of the molecule is Cc1cc(F)ccc1CC(NN)C1CCC(F)(F)CC1. The number of benzene rings is 1. The van der Waals surface area contributed by atoms with Crippen molar-refractivity contribution in [3.63, 3.8) is 0 Å². The second-order valence-electron chi connectivity index (χ2n) is 5.74. The van der Waals surface area contributed by atoms with Gasteiger partial charge >= 0.3 is 0 Å². The second-order valence-corrected chi connectivity index (χ2v) is 5.74. The van der Waals surface area contributed by atoms with Crippen molar-refractivity contribution in [2.45, 2.75) is 51.0 Å². The highest BCUT2D eigenvalue weighted by Gasteiger charge is 2.37. The predicted molar refractivity (Wildman–Crippen MR) is 72.9 cm³/mol. The van der Waals surface area contributed by atoms with E-state index in [0.29, 0.717) is 19.3 Å². The van der Waals surface area contributed by atoms with Crippen LogP contribution in [-0.4, -0.2) is 12.0 Å². The van der Waals surface area contributed by atoms with Gasteiger partial charge in [-0.3, -0.25) is 11.3 Å². The van der Waals surface area contributed by atoms with Crippen LogP contribution in [0.3, 0.4) is 0 Å². The van der Waals surface area contributed by atoms with Crippen LogP contribution in [0.1, 0.15) is 36.8 Å². The van der Waals surface area contributed by atoms with Crippen LogP contribution in [0.15, 0.2) is 18.2 Å². The molecule has 2 rings (SSSR count). The Morgan fingerprint density at radius 2 is 2.00 bits per heavy atom. The highest BCUT2D eigenvalue weighted by molar-refractivity contribution is 5.27. The first kappa shape index (κ1) is 15.3. The first-order valence-corrected chi connectivity index (χ1v) is 7.00. The van der Waals surface area contributed by atoms with Crippen LogP contribution >= 0.6 is 0 Å². The number of hydrogen-bond acceptors (Lipinski definition) is 2. The molecule has 0 saturated heterocycles. The van der Waals surface area contributed by atoms with Gasteiger partial charge in [-0.25, -0.2) is 13.2 Å². The first-order chi connectivity index (χ1) is 9.41. The monoisotopic (exact) mass is 286 g/mol. The van der Waals surface area contributed by atoms with Gasteiger partial charge in [-0.05, 0) is 55.4 Å². The minimum absolute atomic E-state index is 0.0461. The highest BCUT2D eigenvalue weighted by atomic mass is 19.3. The average Bonchev–Trinajstić information content (AvgIpc) is 2.39. The molecule has 112 valence electrons. The summed E-state index contributed by atoms with van der Waals surface area (Å²) in [6.45, 7) is 1.85. The van der Waals surface area contributed by atoms with Crippen LogP contribution in [0.4, 0.5) is 13.2 Å². The maximum atomic E-state index is 13.2. The van der Waals surface area contributed by atoms with E-state index in [9.17, 15) is 13.2 Å². The molecular weight excluding hydrogens is 265 g/mol. The summed E-state index contributed by atoms with van der Waals surface area (Å²) in [4.78, 5) is 0. The molecule has 0 amide bonds. The number of hydrazine groups is 1. The lowest BCUT2D eigenvalue weighted by Gasteiger charge is -2.33. The predicted octanol–water partition coefficient (Wildman–Crippen LogP) is 3.33. The number of alkyl halides is 2. The quantitative estimate of drug-likeness (QED) is 0.658. The zero-order valence-corrected chi connectivity index (χ0v) is 11.6. The first-order valence-electron chi connectivity index (χ1n) is 7.00. The third-order valence-electron chi connectivity index (χ3n) is 4.29. The van der Waals surface area contributed by atoms with Crippen molar-refractivity contribution in [1.82, 2.24) is 5.43 Å². The van der Waals surface area contributed by atoms with Gasteiger partial charge in [0.1, 0.15) is 5.82 Å². The van der Waals surface area contributed by atoms with E-state index in [1.165, 1.54) is 12.1 Å². The fourth-order valence-electron chi connectivity index (χ4n) is 2.95. The van der Waals surface area contributed by atoms with E-state index in [-0.39, 0.29) is 30.6 Å². The van der Waals surface area contributed by atoms with Gasteiger partial charge in [-0.1, -0.05) is 6.07 Å². The smallest absolute Gasteiger partial charge is 0.248 e. The minimum Gasteiger partial charge on any atom is -0.271 e. The Balaban J connectivity index is 2.02. The molecule has 0 aromatic heterocycles. The van der Waals surface area contributed by atoms with Crippen molar-refractivity contribution in [1.29, 1.82) is 0 Å². The molecule has 0 radical (unpaired) electrons. The Bertz CT molecular complexity index is 452. The van der Waals surface area contributed by atoms with Gasteiger partial charge in [0.15, 0.2) is 0 Å². The molecule has 5 heteroatoms. The van der Waals surface area contributed by atoms with E-state index in [2.05, 4.69) is 5.43 Å². The Morgan fingerprint density at radius 1 is 1.35 bits per heavy atom. The molecule has 0 heterocycles. The van der Waals surface area contributed by atoms with Crippen LogP contribution in [0.25, 0.3) is 0 Å². The number of rotatable bonds is 4. The summed E-state index contributed by atoms with van der Waals surface area (Å²) in [6.07, 6.45) is 1.44. The van der Waals surface area contributed by atoms with E-state index >= 15 is 0 Å². The van der Waals surface area contributed by atoms with Gasteiger partial charge in [0, 0.05) is 18.9 Å². The molecular formula is C15H21F3N2. The van der Waals surface area contributed by atoms with Gasteiger partial charge < -0.3 is 0 Å². The Labute approximate surface area is 117 Å². The third-order valence-corrected chi connectivity index (χ3v) is 4.29. The molecule has 3 N–H and O–H groups in total. The van der Waals surface area contributed by atoms with Gasteiger partial charge in [-0.2, -0.15) is 0 Å². The van der Waals surface area contributed by atoms with E-state index in [0.717, 1.165) is 11.1 Å². The van der Waals surface area contributed by atoms with Crippen molar-refractivity contribution >= 4 is 0 Å². The summed E-state index contributed by atoms with van der Waals surface area (Å²) in [5.74, 6) is 2.94. The summed E-state index contributed by atoms with van der Waals surface area (Å²) in [7, 11) is 0. The van der Waals surface area contributed by atoms with Gasteiger partial charge in [0.25, 0.3) is 0 Å². The molecule has 2 nitrogen and oxygen atoms in total. The molecule has 0 bridgehead atoms. The summed E-state index contributed by atoms with van der Waals surface area (Å²) in [5, 5.41) is 0. The summed E-state index contributed by atoms with van der Waals surface area (Å²) in [6, 6.07) is 4.60. The van der Waals surface area contributed by atoms with Crippen molar-refractivity contribution in [3.05, 3.63) is 35.1 Å². The van der Waals surface area contributed by atoms with Gasteiger partial charge in [0.05, 0.1) is 0 Å². The standard InChI is InChI=1S/C15H21F3N2/c1-10-8-13(16)3-2-12(10)9-14(20-19)11-4-6-15(17,18)7-5-11/h2-3,8,11,14,20H,4-7,9,19H2,1H3. The molecule has 1 fully saturated rings. The molecule has 1 aliphatic carbocycles. The number of hydrogen-bond donors (Lipinski definition) is 2. The van der Waals surface area contributed by atoms with Crippen LogP contribution in [0.5, 0.6) is 0 Å². The van der Waals surface area contributed by atoms with E-state index in [4.69, 9.17) is 5.84 Å². The zero-order valence-electron chi connectivity index (χ0n) is 11.6. The highest BCUT2D eigenvalue weighted by Crippen LogP contribution is 2.38. The number of nitrogens with one attached hydrogen (secondary N) is 1. The fourth-order valence-corrected chi connectivity index (χ4v) is 2.95. The lowest BCUT2D eigenvalue weighted by molar-refractivity contribution is -0.0495. The molecule has 1 atom stereocenters. The summed E-state index contributed by atoms with van der Waals surface area (Å²) >= 11 is 0. The minimum atomic E-state index is -2.53. The van der Waals surface area contributed by atoms with Gasteiger partial charge in [0.2, 0.25) is 5.92 Å². The lowest BCUT2D eigenvalue weighted by atomic mass is 9.80. The second kappa shape index (κ2) is 6.14. The van der Waals surface area contributed by atoms with Crippen LogP contribution in [-0.2, 0) is 6.42 Å². The summed E-state index contributed by atoms with van der Waals surface area (Å²) in [5.41, 5.74) is 4.62. The molecule has 20 heavy (non-hydrogen) atoms. The largest absolute Gasteiger partial charge is 0.271 e. The third kappa shape index (κ3) is 3.73. The average molecular weight is 286 g/mol. The zero-order chi connectivity index (χ0) is 14.8.